The minimum atomic E-state index is -0.0761. The van der Waals surface area contributed by atoms with Crippen LogP contribution in [0.1, 0.15) is 27.3 Å². The summed E-state index contributed by atoms with van der Waals surface area (Å²) in [7, 11) is 0. The van der Waals surface area contributed by atoms with E-state index in [1.807, 2.05) is 43.3 Å². The first-order chi connectivity index (χ1) is 11.6. The molecule has 126 valence electrons. The molecule has 0 aliphatic carbocycles. The average molecular weight is 325 g/mol. The van der Waals surface area contributed by atoms with Crippen molar-refractivity contribution in [2.75, 3.05) is 31.2 Å². The van der Waals surface area contributed by atoms with Crippen molar-refractivity contribution < 1.29 is 9.53 Å². The standard InChI is InChI=1S/C19H23N3O2/c1-14-6-7-16(12-18(14)22-8-10-24-11-9-22)19(23)20-13-17-5-3-4-15(2)21-17/h3-7,12H,8-11,13H2,1-2H3,(H,20,23). The van der Waals surface area contributed by atoms with Gasteiger partial charge in [-0.2, -0.15) is 0 Å². The maximum atomic E-state index is 12.5. The molecular formula is C19H23N3O2. The number of aromatic nitrogens is 1. The normalized spacial score (nSPS) is 14.5. The lowest BCUT2D eigenvalue weighted by molar-refractivity contribution is 0.0950. The van der Waals surface area contributed by atoms with Crippen LogP contribution in [-0.2, 0) is 11.3 Å². The highest BCUT2D eigenvalue weighted by atomic mass is 16.5. The summed E-state index contributed by atoms with van der Waals surface area (Å²) in [6, 6.07) is 11.7. The number of carbonyl (C=O) groups is 1. The Balaban J connectivity index is 1.70. The Hall–Kier alpha value is -2.40. The van der Waals surface area contributed by atoms with Gasteiger partial charge in [0.2, 0.25) is 0 Å². The minimum absolute atomic E-state index is 0.0761. The van der Waals surface area contributed by atoms with Crippen molar-refractivity contribution in [3.05, 3.63) is 58.9 Å². The molecular weight excluding hydrogens is 302 g/mol. The van der Waals surface area contributed by atoms with Gasteiger partial charge in [0.05, 0.1) is 25.5 Å². The first-order valence-corrected chi connectivity index (χ1v) is 8.27. The van der Waals surface area contributed by atoms with Gasteiger partial charge in [-0.15, -0.1) is 0 Å². The van der Waals surface area contributed by atoms with E-state index in [9.17, 15) is 4.79 Å². The maximum Gasteiger partial charge on any atom is 0.251 e. The van der Waals surface area contributed by atoms with Gasteiger partial charge < -0.3 is 15.0 Å². The summed E-state index contributed by atoms with van der Waals surface area (Å²) < 4.78 is 5.41. The molecule has 1 aromatic carbocycles. The van der Waals surface area contributed by atoms with E-state index in [1.165, 1.54) is 5.56 Å². The number of amides is 1. The third kappa shape index (κ3) is 3.92. The zero-order valence-electron chi connectivity index (χ0n) is 14.2. The van der Waals surface area contributed by atoms with Crippen molar-refractivity contribution in [1.82, 2.24) is 10.3 Å². The Morgan fingerprint density at radius 1 is 1.21 bits per heavy atom. The van der Waals surface area contributed by atoms with Crippen molar-refractivity contribution in [3.63, 3.8) is 0 Å². The Morgan fingerprint density at radius 2 is 2.00 bits per heavy atom. The van der Waals surface area contributed by atoms with E-state index in [0.29, 0.717) is 12.1 Å². The van der Waals surface area contributed by atoms with Gasteiger partial charge >= 0.3 is 0 Å². The van der Waals surface area contributed by atoms with Crippen LogP contribution in [-0.4, -0.2) is 37.2 Å². The fourth-order valence-electron chi connectivity index (χ4n) is 2.87. The summed E-state index contributed by atoms with van der Waals surface area (Å²) in [5, 5.41) is 2.95. The number of hydrogen-bond donors (Lipinski definition) is 1. The average Bonchev–Trinajstić information content (AvgIpc) is 2.61. The predicted molar refractivity (Wildman–Crippen MR) is 94.4 cm³/mol. The summed E-state index contributed by atoms with van der Waals surface area (Å²) in [6.07, 6.45) is 0. The minimum Gasteiger partial charge on any atom is -0.378 e. The van der Waals surface area contributed by atoms with Crippen molar-refractivity contribution in [1.29, 1.82) is 0 Å². The van der Waals surface area contributed by atoms with E-state index in [0.717, 1.165) is 43.4 Å². The highest BCUT2D eigenvalue weighted by molar-refractivity contribution is 5.95. The summed E-state index contributed by atoms with van der Waals surface area (Å²) in [4.78, 5) is 19.1. The van der Waals surface area contributed by atoms with Gasteiger partial charge in [0.25, 0.3) is 5.91 Å². The quantitative estimate of drug-likeness (QED) is 0.938. The lowest BCUT2D eigenvalue weighted by Crippen LogP contribution is -2.36. The second kappa shape index (κ2) is 7.45. The van der Waals surface area contributed by atoms with Crippen molar-refractivity contribution in [3.8, 4) is 0 Å². The number of benzene rings is 1. The smallest absolute Gasteiger partial charge is 0.251 e. The molecule has 1 fully saturated rings. The monoisotopic (exact) mass is 325 g/mol. The van der Waals surface area contributed by atoms with E-state index in [4.69, 9.17) is 4.74 Å². The lowest BCUT2D eigenvalue weighted by atomic mass is 10.1. The fraction of sp³-hybridized carbons (Fsp3) is 0.368. The summed E-state index contributed by atoms with van der Waals surface area (Å²) in [6.45, 7) is 7.63. The van der Waals surface area contributed by atoms with Crippen molar-refractivity contribution in [2.45, 2.75) is 20.4 Å². The first kappa shape index (κ1) is 16.5. The van der Waals surface area contributed by atoms with Gasteiger partial charge in [0.15, 0.2) is 0 Å². The highest BCUT2D eigenvalue weighted by Gasteiger charge is 2.15. The number of nitrogens with zero attached hydrogens (tertiary/aromatic N) is 2. The molecule has 1 aliphatic rings. The molecule has 3 rings (SSSR count). The van der Waals surface area contributed by atoms with E-state index in [2.05, 4.69) is 22.1 Å². The SMILES string of the molecule is Cc1cccc(CNC(=O)c2ccc(C)c(N3CCOCC3)c2)n1. The molecule has 1 aliphatic heterocycles. The summed E-state index contributed by atoms with van der Waals surface area (Å²) in [5.41, 5.74) is 4.78. The molecule has 0 spiro atoms. The van der Waals surface area contributed by atoms with Gasteiger partial charge in [-0.25, -0.2) is 0 Å². The Morgan fingerprint density at radius 3 is 2.75 bits per heavy atom. The molecule has 1 aromatic heterocycles. The largest absolute Gasteiger partial charge is 0.378 e. The van der Waals surface area contributed by atoms with Crippen LogP contribution in [0.15, 0.2) is 36.4 Å². The van der Waals surface area contributed by atoms with Gasteiger partial charge in [0, 0.05) is 30.0 Å². The molecule has 24 heavy (non-hydrogen) atoms. The predicted octanol–water partition coefficient (Wildman–Crippen LogP) is 2.47. The molecule has 0 atom stereocenters. The van der Waals surface area contributed by atoms with Crippen LogP contribution in [0.5, 0.6) is 0 Å². The van der Waals surface area contributed by atoms with Gasteiger partial charge in [-0.1, -0.05) is 12.1 Å². The molecule has 5 heteroatoms. The van der Waals surface area contributed by atoms with Gasteiger partial charge in [-0.3, -0.25) is 9.78 Å². The third-order valence-electron chi connectivity index (χ3n) is 4.20. The highest BCUT2D eigenvalue weighted by Crippen LogP contribution is 2.22. The zero-order valence-corrected chi connectivity index (χ0v) is 14.2. The summed E-state index contributed by atoms with van der Waals surface area (Å²) >= 11 is 0. The number of pyridine rings is 1. The van der Waals surface area contributed by atoms with Crippen LogP contribution in [0.2, 0.25) is 0 Å². The first-order valence-electron chi connectivity index (χ1n) is 8.27. The molecule has 1 amide bonds. The summed E-state index contributed by atoms with van der Waals surface area (Å²) in [5.74, 6) is -0.0761. The number of anilines is 1. The Bertz CT molecular complexity index is 724. The van der Waals surface area contributed by atoms with Crippen LogP contribution >= 0.6 is 0 Å². The van der Waals surface area contributed by atoms with Crippen molar-refractivity contribution in [2.24, 2.45) is 0 Å². The maximum absolute atomic E-state index is 12.5. The van der Waals surface area contributed by atoms with Gasteiger partial charge in [-0.05, 0) is 43.7 Å². The molecule has 0 bridgehead atoms. The number of morpholine rings is 1. The number of nitrogens with one attached hydrogen (secondary N) is 1. The second-order valence-corrected chi connectivity index (χ2v) is 6.05. The lowest BCUT2D eigenvalue weighted by Gasteiger charge is -2.30. The van der Waals surface area contributed by atoms with E-state index in [-0.39, 0.29) is 5.91 Å². The van der Waals surface area contributed by atoms with Crippen LogP contribution < -0.4 is 10.2 Å². The molecule has 0 unspecified atom stereocenters. The number of hydrogen-bond acceptors (Lipinski definition) is 4. The number of ether oxygens (including phenoxy) is 1. The van der Waals surface area contributed by atoms with Gasteiger partial charge in [0.1, 0.15) is 0 Å². The molecule has 1 saturated heterocycles. The molecule has 1 N–H and O–H groups in total. The van der Waals surface area contributed by atoms with Crippen LogP contribution in [0.3, 0.4) is 0 Å². The number of rotatable bonds is 4. The second-order valence-electron chi connectivity index (χ2n) is 6.05. The van der Waals surface area contributed by atoms with Crippen LogP contribution in [0.4, 0.5) is 5.69 Å². The molecule has 5 nitrogen and oxygen atoms in total. The zero-order chi connectivity index (χ0) is 16.9. The van der Waals surface area contributed by atoms with Crippen molar-refractivity contribution >= 4 is 11.6 Å². The molecule has 0 radical (unpaired) electrons. The van der Waals surface area contributed by atoms with Crippen LogP contribution in [0.25, 0.3) is 0 Å². The Kier molecular flexibility index (Phi) is 5.11. The van der Waals surface area contributed by atoms with Crippen LogP contribution in [0, 0.1) is 13.8 Å². The van der Waals surface area contributed by atoms with E-state index in [1.54, 1.807) is 0 Å². The fourth-order valence-corrected chi connectivity index (χ4v) is 2.87. The van der Waals surface area contributed by atoms with E-state index < -0.39 is 0 Å². The molecule has 2 heterocycles. The number of aryl methyl sites for hydroxylation is 2. The van der Waals surface area contributed by atoms with E-state index >= 15 is 0 Å². The topological polar surface area (TPSA) is 54.5 Å². The number of carbonyl (C=O) groups excluding carboxylic acids is 1. The third-order valence-corrected chi connectivity index (χ3v) is 4.20. The molecule has 2 aromatic rings. The Labute approximate surface area is 142 Å². The molecule has 0 saturated carbocycles.